The molecule has 0 aliphatic carbocycles. The van der Waals surface area contributed by atoms with E-state index in [1.165, 1.54) is 19.1 Å². The SMILES string of the molecule is Cc1c(CC(=O)O)ccc(OC(F)F)c1C=O. The quantitative estimate of drug-likeness (QED) is 0.805. The summed E-state index contributed by atoms with van der Waals surface area (Å²) in [6.07, 6.45) is 0.0973. The fourth-order valence-electron chi connectivity index (χ4n) is 1.45. The van der Waals surface area contributed by atoms with Crippen LogP contribution in [0.5, 0.6) is 5.75 Å². The smallest absolute Gasteiger partial charge is 0.387 e. The van der Waals surface area contributed by atoms with Gasteiger partial charge in [-0.3, -0.25) is 9.59 Å². The van der Waals surface area contributed by atoms with Gasteiger partial charge in [0.15, 0.2) is 6.29 Å². The highest BCUT2D eigenvalue weighted by molar-refractivity contribution is 5.83. The maximum atomic E-state index is 12.0. The lowest BCUT2D eigenvalue weighted by Gasteiger charge is -2.11. The van der Waals surface area contributed by atoms with Crippen molar-refractivity contribution in [3.8, 4) is 5.75 Å². The average Bonchev–Trinajstić information content (AvgIpc) is 2.21. The van der Waals surface area contributed by atoms with Crippen molar-refractivity contribution in [2.75, 3.05) is 0 Å². The number of aliphatic carboxylic acids is 1. The van der Waals surface area contributed by atoms with Crippen LogP contribution < -0.4 is 4.74 Å². The second kappa shape index (κ2) is 5.38. The van der Waals surface area contributed by atoms with Crippen molar-refractivity contribution in [1.29, 1.82) is 0 Å². The maximum Gasteiger partial charge on any atom is 0.387 e. The minimum Gasteiger partial charge on any atom is -0.481 e. The predicted octanol–water partition coefficient (Wildman–Crippen LogP) is 2.04. The van der Waals surface area contributed by atoms with Gasteiger partial charge in [-0.25, -0.2) is 0 Å². The number of carbonyl (C=O) groups excluding carboxylic acids is 1. The second-order valence-electron chi connectivity index (χ2n) is 3.33. The van der Waals surface area contributed by atoms with Crippen molar-refractivity contribution in [2.24, 2.45) is 0 Å². The van der Waals surface area contributed by atoms with E-state index in [-0.39, 0.29) is 17.7 Å². The Balaban J connectivity index is 3.17. The fraction of sp³-hybridized carbons (Fsp3) is 0.273. The van der Waals surface area contributed by atoms with Gasteiger partial charge in [0.2, 0.25) is 0 Å². The summed E-state index contributed by atoms with van der Waals surface area (Å²) in [7, 11) is 0. The van der Waals surface area contributed by atoms with E-state index >= 15 is 0 Å². The first-order valence-corrected chi connectivity index (χ1v) is 4.70. The molecule has 0 amide bonds. The average molecular weight is 244 g/mol. The van der Waals surface area contributed by atoms with Gasteiger partial charge < -0.3 is 9.84 Å². The van der Waals surface area contributed by atoms with Crippen molar-refractivity contribution in [3.05, 3.63) is 28.8 Å². The Bertz CT molecular complexity index is 443. The molecule has 1 N–H and O–H groups in total. The largest absolute Gasteiger partial charge is 0.481 e. The zero-order chi connectivity index (χ0) is 13.0. The summed E-state index contributed by atoms with van der Waals surface area (Å²) in [6.45, 7) is -1.54. The molecule has 0 heterocycles. The van der Waals surface area contributed by atoms with E-state index in [4.69, 9.17) is 5.11 Å². The lowest BCUT2D eigenvalue weighted by molar-refractivity contribution is -0.136. The van der Waals surface area contributed by atoms with Crippen LogP contribution >= 0.6 is 0 Å². The van der Waals surface area contributed by atoms with Gasteiger partial charge in [-0.05, 0) is 24.1 Å². The Morgan fingerprint density at radius 2 is 2.18 bits per heavy atom. The predicted molar refractivity (Wildman–Crippen MR) is 54.5 cm³/mol. The molecule has 0 aromatic heterocycles. The number of hydrogen-bond acceptors (Lipinski definition) is 3. The Kier molecular flexibility index (Phi) is 4.14. The van der Waals surface area contributed by atoms with Crippen molar-refractivity contribution in [2.45, 2.75) is 20.0 Å². The minimum absolute atomic E-state index is 0.0518. The third-order valence-electron chi connectivity index (χ3n) is 2.26. The van der Waals surface area contributed by atoms with Gasteiger partial charge in [0, 0.05) is 0 Å². The van der Waals surface area contributed by atoms with E-state index < -0.39 is 12.6 Å². The first kappa shape index (κ1) is 13.1. The van der Waals surface area contributed by atoms with Crippen LogP contribution in [0, 0.1) is 6.92 Å². The molecule has 1 rings (SSSR count). The van der Waals surface area contributed by atoms with E-state index in [1.54, 1.807) is 0 Å². The molecule has 0 spiro atoms. The Labute approximate surface area is 95.8 Å². The molecule has 4 nitrogen and oxygen atoms in total. The maximum absolute atomic E-state index is 12.0. The molecular formula is C11H10F2O4. The molecule has 0 aliphatic heterocycles. The number of alkyl halides is 2. The molecular weight excluding hydrogens is 234 g/mol. The van der Waals surface area contributed by atoms with Crippen molar-refractivity contribution < 1.29 is 28.2 Å². The summed E-state index contributed by atoms with van der Waals surface area (Å²) in [5, 5.41) is 8.63. The van der Waals surface area contributed by atoms with Crippen molar-refractivity contribution >= 4 is 12.3 Å². The van der Waals surface area contributed by atoms with Crippen LogP contribution in [0.4, 0.5) is 8.78 Å². The van der Waals surface area contributed by atoms with Gasteiger partial charge in [0.25, 0.3) is 0 Å². The number of carboxylic acid groups (broad SMARTS) is 1. The molecule has 0 atom stereocenters. The second-order valence-corrected chi connectivity index (χ2v) is 3.33. The number of carbonyl (C=O) groups is 2. The summed E-state index contributed by atoms with van der Waals surface area (Å²) in [5.74, 6) is -1.31. The van der Waals surface area contributed by atoms with Gasteiger partial charge in [-0.1, -0.05) is 6.07 Å². The lowest BCUT2D eigenvalue weighted by atomic mass is 10.00. The molecule has 0 saturated heterocycles. The molecule has 92 valence electrons. The van der Waals surface area contributed by atoms with Gasteiger partial charge in [0.1, 0.15) is 5.75 Å². The van der Waals surface area contributed by atoms with Crippen LogP contribution in [0.3, 0.4) is 0 Å². The monoisotopic (exact) mass is 244 g/mol. The number of ether oxygens (including phenoxy) is 1. The van der Waals surface area contributed by atoms with Crippen LogP contribution in [0.25, 0.3) is 0 Å². The van der Waals surface area contributed by atoms with E-state index in [9.17, 15) is 18.4 Å². The topological polar surface area (TPSA) is 63.6 Å². The molecule has 0 aliphatic rings. The highest BCUT2D eigenvalue weighted by Crippen LogP contribution is 2.25. The summed E-state index contributed by atoms with van der Waals surface area (Å²) >= 11 is 0. The van der Waals surface area contributed by atoms with Crippen LogP contribution in [-0.2, 0) is 11.2 Å². The Morgan fingerprint density at radius 1 is 1.53 bits per heavy atom. The highest BCUT2D eigenvalue weighted by atomic mass is 19.3. The van der Waals surface area contributed by atoms with Crippen molar-refractivity contribution in [1.82, 2.24) is 0 Å². The van der Waals surface area contributed by atoms with Crippen LogP contribution in [-0.4, -0.2) is 24.0 Å². The normalized spacial score (nSPS) is 10.4. The van der Waals surface area contributed by atoms with Crippen LogP contribution in [0.1, 0.15) is 21.5 Å². The van der Waals surface area contributed by atoms with Crippen LogP contribution in [0.2, 0.25) is 0 Å². The summed E-state index contributed by atoms with van der Waals surface area (Å²) < 4.78 is 28.3. The van der Waals surface area contributed by atoms with Gasteiger partial charge in [-0.15, -0.1) is 0 Å². The first-order valence-electron chi connectivity index (χ1n) is 4.70. The van der Waals surface area contributed by atoms with E-state index in [0.717, 1.165) is 0 Å². The number of aldehydes is 1. The third kappa shape index (κ3) is 3.24. The molecule has 17 heavy (non-hydrogen) atoms. The minimum atomic E-state index is -3.03. The molecule has 0 unspecified atom stereocenters. The lowest BCUT2D eigenvalue weighted by Crippen LogP contribution is -2.08. The first-order chi connectivity index (χ1) is 7.95. The van der Waals surface area contributed by atoms with E-state index in [1.807, 2.05) is 0 Å². The summed E-state index contributed by atoms with van der Waals surface area (Å²) in [6, 6.07) is 2.52. The fourth-order valence-corrected chi connectivity index (χ4v) is 1.45. The number of halogens is 2. The molecule has 1 aromatic carbocycles. The molecule has 6 heteroatoms. The molecule has 0 radical (unpaired) electrons. The van der Waals surface area contributed by atoms with Gasteiger partial charge in [0.05, 0.1) is 12.0 Å². The van der Waals surface area contributed by atoms with Crippen molar-refractivity contribution in [3.63, 3.8) is 0 Å². The van der Waals surface area contributed by atoms with E-state index in [2.05, 4.69) is 4.74 Å². The molecule has 0 bridgehead atoms. The molecule has 0 fully saturated rings. The summed E-state index contributed by atoms with van der Waals surface area (Å²) in [5.41, 5.74) is 0.672. The number of carboxylic acids is 1. The highest BCUT2D eigenvalue weighted by Gasteiger charge is 2.15. The zero-order valence-corrected chi connectivity index (χ0v) is 8.94. The van der Waals surface area contributed by atoms with Gasteiger partial charge >= 0.3 is 12.6 Å². The number of rotatable bonds is 5. The zero-order valence-electron chi connectivity index (χ0n) is 8.94. The molecule has 0 saturated carbocycles. The summed E-state index contributed by atoms with van der Waals surface area (Å²) in [4.78, 5) is 21.3. The molecule has 1 aromatic rings. The Morgan fingerprint density at radius 3 is 2.65 bits per heavy atom. The van der Waals surface area contributed by atoms with Gasteiger partial charge in [-0.2, -0.15) is 8.78 Å². The Hall–Kier alpha value is -1.98. The van der Waals surface area contributed by atoms with Crippen LogP contribution in [0.15, 0.2) is 12.1 Å². The third-order valence-corrected chi connectivity index (χ3v) is 2.26. The number of hydrogen-bond donors (Lipinski definition) is 1. The standard InChI is InChI=1S/C11H10F2O4/c1-6-7(4-10(15)16)2-3-9(8(6)5-14)17-11(12)13/h2-3,5,11H,4H2,1H3,(H,15,16). The number of benzene rings is 1. The van der Waals surface area contributed by atoms with E-state index in [0.29, 0.717) is 17.4 Å².